The van der Waals surface area contributed by atoms with E-state index in [4.69, 9.17) is 0 Å². The topological polar surface area (TPSA) is 79.6 Å². The fourth-order valence-electron chi connectivity index (χ4n) is 2.45. The second-order valence-corrected chi connectivity index (χ2v) is 6.74. The summed E-state index contributed by atoms with van der Waals surface area (Å²) in [6.07, 6.45) is 2.94. The minimum atomic E-state index is -0.372. The number of aliphatic imine (C=N–C) groups is 1. The minimum Gasteiger partial charge on any atom is -0.356 e. The van der Waals surface area contributed by atoms with Gasteiger partial charge in [-0.05, 0) is 43.2 Å². The molecule has 0 saturated heterocycles. The van der Waals surface area contributed by atoms with Gasteiger partial charge in [0.2, 0.25) is 0 Å². The Balaban J connectivity index is 1.66. The van der Waals surface area contributed by atoms with Gasteiger partial charge in [0.15, 0.2) is 5.96 Å². The zero-order valence-corrected chi connectivity index (χ0v) is 15.4. The molecule has 2 N–H and O–H groups in total. The SMILES string of the molecule is CN=C(NCCCCc1ccc([N+](=O)[O-])cc1)NC(C)c1cccs1. The third-order valence-corrected chi connectivity index (χ3v) is 4.93. The van der Waals surface area contributed by atoms with Crippen molar-refractivity contribution in [2.24, 2.45) is 4.99 Å². The summed E-state index contributed by atoms with van der Waals surface area (Å²) in [5, 5.41) is 19.4. The fraction of sp³-hybridized carbons (Fsp3) is 0.389. The molecule has 6 nitrogen and oxygen atoms in total. The fourth-order valence-corrected chi connectivity index (χ4v) is 3.19. The third kappa shape index (κ3) is 6.19. The van der Waals surface area contributed by atoms with Gasteiger partial charge < -0.3 is 10.6 Å². The summed E-state index contributed by atoms with van der Waals surface area (Å²) in [6.45, 7) is 2.96. The highest BCUT2D eigenvalue weighted by molar-refractivity contribution is 7.10. The number of hydrogen-bond acceptors (Lipinski definition) is 4. The molecule has 0 spiro atoms. The highest BCUT2D eigenvalue weighted by Crippen LogP contribution is 2.17. The number of rotatable bonds is 8. The monoisotopic (exact) mass is 360 g/mol. The van der Waals surface area contributed by atoms with Crippen LogP contribution in [0.4, 0.5) is 5.69 Å². The number of benzene rings is 1. The lowest BCUT2D eigenvalue weighted by atomic mass is 10.1. The van der Waals surface area contributed by atoms with E-state index in [9.17, 15) is 10.1 Å². The van der Waals surface area contributed by atoms with Gasteiger partial charge in [-0.2, -0.15) is 0 Å². The summed E-state index contributed by atoms with van der Waals surface area (Å²) in [5.41, 5.74) is 1.26. The molecule has 1 heterocycles. The van der Waals surface area contributed by atoms with Crippen LogP contribution >= 0.6 is 11.3 Å². The Labute approximate surface area is 152 Å². The summed E-state index contributed by atoms with van der Waals surface area (Å²) in [7, 11) is 1.77. The number of nitro groups is 1. The van der Waals surface area contributed by atoms with Crippen LogP contribution in [0, 0.1) is 10.1 Å². The maximum absolute atomic E-state index is 10.6. The number of non-ortho nitro benzene ring substituents is 1. The van der Waals surface area contributed by atoms with Gasteiger partial charge >= 0.3 is 0 Å². The summed E-state index contributed by atoms with van der Waals surface area (Å²) in [6, 6.07) is 11.2. The van der Waals surface area contributed by atoms with Crippen LogP contribution in [-0.4, -0.2) is 24.5 Å². The average Bonchev–Trinajstić information content (AvgIpc) is 3.15. The van der Waals surface area contributed by atoms with Crippen molar-refractivity contribution in [2.45, 2.75) is 32.2 Å². The molecule has 0 bridgehead atoms. The van der Waals surface area contributed by atoms with E-state index in [1.807, 2.05) is 18.2 Å². The van der Waals surface area contributed by atoms with Gasteiger partial charge in [-0.1, -0.05) is 18.2 Å². The minimum absolute atomic E-state index is 0.139. The van der Waals surface area contributed by atoms with Crippen molar-refractivity contribution in [1.82, 2.24) is 10.6 Å². The second-order valence-electron chi connectivity index (χ2n) is 5.76. The average molecular weight is 360 g/mol. The Hall–Kier alpha value is -2.41. The van der Waals surface area contributed by atoms with E-state index in [1.165, 1.54) is 4.88 Å². The van der Waals surface area contributed by atoms with E-state index in [0.717, 1.165) is 37.3 Å². The normalized spacial score (nSPS) is 12.6. The second kappa shape index (κ2) is 9.78. The molecule has 2 rings (SSSR count). The molecule has 0 aliphatic heterocycles. The molecule has 1 atom stereocenters. The number of nitrogens with zero attached hydrogens (tertiary/aromatic N) is 2. The van der Waals surface area contributed by atoms with Crippen molar-refractivity contribution in [3.63, 3.8) is 0 Å². The van der Waals surface area contributed by atoms with Gasteiger partial charge in [0, 0.05) is 30.6 Å². The molecule has 0 aliphatic carbocycles. The highest BCUT2D eigenvalue weighted by atomic mass is 32.1. The molecule has 0 radical (unpaired) electrons. The van der Waals surface area contributed by atoms with E-state index in [2.05, 4.69) is 34.0 Å². The van der Waals surface area contributed by atoms with Crippen LogP contribution in [0.3, 0.4) is 0 Å². The zero-order chi connectivity index (χ0) is 18.1. The molecule has 0 amide bonds. The van der Waals surface area contributed by atoms with Gasteiger partial charge in [0.25, 0.3) is 5.69 Å². The van der Waals surface area contributed by atoms with Crippen LogP contribution in [-0.2, 0) is 6.42 Å². The lowest BCUT2D eigenvalue weighted by molar-refractivity contribution is -0.384. The first-order valence-corrected chi connectivity index (χ1v) is 9.22. The Bertz CT molecular complexity index is 684. The number of hydrogen-bond donors (Lipinski definition) is 2. The maximum atomic E-state index is 10.6. The summed E-state index contributed by atoms with van der Waals surface area (Å²) < 4.78 is 0. The van der Waals surface area contributed by atoms with E-state index in [0.29, 0.717) is 0 Å². The first-order valence-electron chi connectivity index (χ1n) is 8.34. The molecular weight excluding hydrogens is 336 g/mol. The molecule has 1 aromatic carbocycles. The molecule has 0 aliphatic rings. The third-order valence-electron chi connectivity index (χ3n) is 3.88. The van der Waals surface area contributed by atoms with Crippen molar-refractivity contribution in [3.05, 3.63) is 62.3 Å². The van der Waals surface area contributed by atoms with Crippen LogP contribution in [0.1, 0.15) is 36.2 Å². The van der Waals surface area contributed by atoms with Gasteiger partial charge in [0.05, 0.1) is 11.0 Å². The molecule has 134 valence electrons. The van der Waals surface area contributed by atoms with Crippen molar-refractivity contribution in [1.29, 1.82) is 0 Å². The molecule has 25 heavy (non-hydrogen) atoms. The molecular formula is C18H24N4O2S. The van der Waals surface area contributed by atoms with E-state index in [-0.39, 0.29) is 16.7 Å². The Morgan fingerprint density at radius 1 is 1.28 bits per heavy atom. The summed E-state index contributed by atoms with van der Waals surface area (Å²) >= 11 is 1.73. The molecule has 2 aromatic rings. The van der Waals surface area contributed by atoms with Crippen molar-refractivity contribution >= 4 is 23.0 Å². The molecule has 1 aromatic heterocycles. The lowest BCUT2D eigenvalue weighted by Gasteiger charge is -2.16. The molecule has 1 unspecified atom stereocenters. The van der Waals surface area contributed by atoms with Crippen molar-refractivity contribution < 1.29 is 4.92 Å². The summed E-state index contributed by atoms with van der Waals surface area (Å²) in [4.78, 5) is 15.8. The van der Waals surface area contributed by atoms with Crippen LogP contribution in [0.5, 0.6) is 0 Å². The van der Waals surface area contributed by atoms with E-state index in [1.54, 1.807) is 30.5 Å². The number of nitrogens with one attached hydrogen (secondary N) is 2. The highest BCUT2D eigenvalue weighted by Gasteiger charge is 2.08. The molecule has 7 heteroatoms. The standard InChI is InChI=1S/C18H24N4O2S/c1-14(17-7-5-13-25-17)21-18(19-2)20-12-4-3-6-15-8-10-16(11-9-15)22(23)24/h5,7-11,13-14H,3-4,6,12H2,1-2H3,(H2,19,20,21). The van der Waals surface area contributed by atoms with Crippen LogP contribution in [0.25, 0.3) is 0 Å². The van der Waals surface area contributed by atoms with Crippen LogP contribution in [0.2, 0.25) is 0 Å². The first kappa shape index (κ1) is 18.9. The van der Waals surface area contributed by atoms with Crippen molar-refractivity contribution in [2.75, 3.05) is 13.6 Å². The van der Waals surface area contributed by atoms with Gasteiger partial charge in [-0.15, -0.1) is 11.3 Å². The predicted molar refractivity (Wildman–Crippen MR) is 103 cm³/mol. The Morgan fingerprint density at radius 3 is 2.64 bits per heavy atom. The summed E-state index contributed by atoms with van der Waals surface area (Å²) in [5.74, 6) is 0.802. The Morgan fingerprint density at radius 2 is 2.04 bits per heavy atom. The quantitative estimate of drug-likeness (QED) is 0.246. The van der Waals surface area contributed by atoms with Gasteiger partial charge in [-0.25, -0.2) is 0 Å². The smallest absolute Gasteiger partial charge is 0.269 e. The first-order chi connectivity index (χ1) is 12.1. The molecule has 0 fully saturated rings. The maximum Gasteiger partial charge on any atom is 0.269 e. The lowest BCUT2D eigenvalue weighted by Crippen LogP contribution is -2.38. The van der Waals surface area contributed by atoms with Crippen LogP contribution < -0.4 is 10.6 Å². The number of thiophene rings is 1. The number of nitro benzene ring substituents is 1. The van der Waals surface area contributed by atoms with E-state index < -0.39 is 0 Å². The molecule has 0 saturated carbocycles. The number of guanidine groups is 1. The zero-order valence-electron chi connectivity index (χ0n) is 14.6. The van der Waals surface area contributed by atoms with Crippen LogP contribution in [0.15, 0.2) is 46.8 Å². The number of unbranched alkanes of at least 4 members (excludes halogenated alkanes) is 1. The van der Waals surface area contributed by atoms with Gasteiger partial charge in [0.1, 0.15) is 0 Å². The van der Waals surface area contributed by atoms with Crippen molar-refractivity contribution in [3.8, 4) is 0 Å². The van der Waals surface area contributed by atoms with Gasteiger partial charge in [-0.3, -0.25) is 15.1 Å². The Kier molecular flexibility index (Phi) is 7.40. The number of aryl methyl sites for hydroxylation is 1. The van der Waals surface area contributed by atoms with E-state index >= 15 is 0 Å². The predicted octanol–water partition coefficient (Wildman–Crippen LogP) is 3.91. The largest absolute Gasteiger partial charge is 0.356 e.